The molecule has 1 aromatic heterocycles. The van der Waals surface area contributed by atoms with Gasteiger partial charge in [0.25, 0.3) is 11.5 Å². The van der Waals surface area contributed by atoms with Gasteiger partial charge in [-0.15, -0.1) is 0 Å². The van der Waals surface area contributed by atoms with Crippen molar-refractivity contribution in [3.05, 3.63) is 80.0 Å². The third-order valence-corrected chi connectivity index (χ3v) is 4.39. The molecule has 0 spiro atoms. The Morgan fingerprint density at radius 1 is 1.12 bits per heavy atom. The Labute approximate surface area is 157 Å². The molecule has 0 aliphatic rings. The van der Waals surface area contributed by atoms with Crippen LogP contribution >= 0.6 is 27.5 Å². The van der Waals surface area contributed by atoms with Crippen LogP contribution in [0.15, 0.2) is 63.9 Å². The quantitative estimate of drug-likeness (QED) is 0.696. The van der Waals surface area contributed by atoms with Gasteiger partial charge in [0.1, 0.15) is 0 Å². The van der Waals surface area contributed by atoms with Gasteiger partial charge in [-0.3, -0.25) is 9.59 Å². The van der Waals surface area contributed by atoms with Crippen LogP contribution in [-0.2, 0) is 7.05 Å². The predicted molar refractivity (Wildman–Crippen MR) is 102 cm³/mol. The lowest BCUT2D eigenvalue weighted by atomic mass is 10.1. The van der Waals surface area contributed by atoms with Crippen LogP contribution in [0.3, 0.4) is 0 Å². The summed E-state index contributed by atoms with van der Waals surface area (Å²) < 4.78 is 2.05. The highest BCUT2D eigenvalue weighted by atomic mass is 79.9. The number of carbonyl (C=O) groups is 1. The number of nitrogens with one attached hydrogen (secondary N) is 1. The average molecular weight is 419 g/mol. The smallest absolute Gasteiger partial charge is 0.266 e. The first kappa shape index (κ1) is 17.4. The molecule has 126 valence electrons. The number of hydrogen-bond acceptors (Lipinski definition) is 3. The fourth-order valence-corrected chi connectivity index (χ4v) is 2.81. The second kappa shape index (κ2) is 7.21. The van der Waals surface area contributed by atoms with E-state index in [9.17, 15) is 9.59 Å². The second-order valence-electron chi connectivity index (χ2n) is 5.34. The molecule has 3 aromatic rings. The Kier molecular flexibility index (Phi) is 5.01. The van der Waals surface area contributed by atoms with E-state index in [4.69, 9.17) is 11.6 Å². The largest absolute Gasteiger partial charge is 0.322 e. The number of anilines is 1. The van der Waals surface area contributed by atoms with Crippen molar-refractivity contribution in [2.45, 2.75) is 0 Å². The number of halogens is 2. The van der Waals surface area contributed by atoms with E-state index in [1.807, 2.05) is 12.1 Å². The van der Waals surface area contributed by atoms with Crippen LogP contribution < -0.4 is 10.9 Å². The molecule has 7 heteroatoms. The average Bonchev–Trinajstić information content (AvgIpc) is 2.60. The van der Waals surface area contributed by atoms with E-state index in [0.717, 1.165) is 10.0 Å². The maximum atomic E-state index is 12.4. The Bertz CT molecular complexity index is 1000. The molecule has 0 aliphatic carbocycles. The molecule has 0 atom stereocenters. The van der Waals surface area contributed by atoms with E-state index in [2.05, 4.69) is 26.3 Å². The molecule has 0 saturated heterocycles. The molecule has 0 fully saturated rings. The zero-order valence-corrected chi connectivity index (χ0v) is 15.5. The first-order valence-electron chi connectivity index (χ1n) is 7.35. The number of rotatable bonds is 3. The molecule has 0 saturated carbocycles. The lowest BCUT2D eigenvalue weighted by molar-refractivity contribution is 0.102. The van der Waals surface area contributed by atoms with Crippen molar-refractivity contribution in [2.75, 3.05) is 5.32 Å². The second-order valence-corrected chi connectivity index (χ2v) is 6.66. The molecule has 2 aromatic carbocycles. The molecule has 0 unspecified atom stereocenters. The van der Waals surface area contributed by atoms with Crippen molar-refractivity contribution in [2.24, 2.45) is 7.05 Å². The summed E-state index contributed by atoms with van der Waals surface area (Å²) >= 11 is 9.40. The van der Waals surface area contributed by atoms with Gasteiger partial charge in [0.15, 0.2) is 0 Å². The number of benzene rings is 2. The molecule has 5 nitrogen and oxygen atoms in total. The summed E-state index contributed by atoms with van der Waals surface area (Å²) in [4.78, 5) is 23.8. The van der Waals surface area contributed by atoms with Gasteiger partial charge in [-0.05, 0) is 36.4 Å². The Morgan fingerprint density at radius 3 is 2.52 bits per heavy atom. The maximum Gasteiger partial charge on any atom is 0.266 e. The Morgan fingerprint density at radius 2 is 1.84 bits per heavy atom. The van der Waals surface area contributed by atoms with Gasteiger partial charge in [-0.2, -0.15) is 5.10 Å². The minimum absolute atomic E-state index is 0.168. The van der Waals surface area contributed by atoms with E-state index < -0.39 is 0 Å². The Balaban J connectivity index is 1.80. The fourth-order valence-electron chi connectivity index (χ4n) is 2.25. The van der Waals surface area contributed by atoms with Gasteiger partial charge in [-0.1, -0.05) is 39.7 Å². The van der Waals surface area contributed by atoms with Crippen molar-refractivity contribution < 1.29 is 4.79 Å². The van der Waals surface area contributed by atoms with Crippen molar-refractivity contribution in [3.8, 4) is 11.3 Å². The van der Waals surface area contributed by atoms with Crippen LogP contribution in [-0.4, -0.2) is 15.7 Å². The number of aryl methyl sites for hydroxylation is 1. The fraction of sp³-hybridized carbons (Fsp3) is 0.0556. The molecular formula is C18H13BrClN3O2. The topological polar surface area (TPSA) is 64.0 Å². The van der Waals surface area contributed by atoms with Crippen molar-refractivity contribution in [3.63, 3.8) is 0 Å². The summed E-state index contributed by atoms with van der Waals surface area (Å²) in [5.74, 6) is -0.292. The zero-order chi connectivity index (χ0) is 18.0. The standard InChI is InChI=1S/C18H13BrClN3O2/c1-23-17(24)9-8-16(22-23)11-2-5-13(6-3-11)21-18(25)14-10-12(19)4-7-15(14)20/h2-10H,1H3,(H,21,25). The Hall–Kier alpha value is -2.44. The number of amides is 1. The van der Waals surface area contributed by atoms with E-state index in [-0.39, 0.29) is 11.5 Å². The van der Waals surface area contributed by atoms with Crippen LogP contribution in [0.1, 0.15) is 10.4 Å². The lowest BCUT2D eigenvalue weighted by Gasteiger charge is -2.08. The molecule has 0 bridgehead atoms. The molecule has 0 aliphatic heterocycles. The number of carbonyl (C=O) groups excluding carboxylic acids is 1. The number of hydrogen-bond donors (Lipinski definition) is 1. The summed E-state index contributed by atoms with van der Waals surface area (Å²) in [5, 5.41) is 7.38. The van der Waals surface area contributed by atoms with Gasteiger partial charge < -0.3 is 5.32 Å². The molecule has 25 heavy (non-hydrogen) atoms. The monoisotopic (exact) mass is 417 g/mol. The molecule has 1 amide bonds. The normalized spacial score (nSPS) is 10.5. The highest BCUT2D eigenvalue weighted by Gasteiger charge is 2.11. The lowest BCUT2D eigenvalue weighted by Crippen LogP contribution is -2.18. The minimum atomic E-state index is -0.292. The van der Waals surface area contributed by atoms with E-state index in [1.54, 1.807) is 43.4 Å². The van der Waals surface area contributed by atoms with Gasteiger partial charge >= 0.3 is 0 Å². The number of nitrogens with zero attached hydrogens (tertiary/aromatic N) is 2. The van der Waals surface area contributed by atoms with Gasteiger partial charge in [0.05, 0.1) is 16.3 Å². The van der Waals surface area contributed by atoms with E-state index >= 15 is 0 Å². The molecular weight excluding hydrogens is 406 g/mol. The van der Waals surface area contributed by atoms with Gasteiger partial charge in [0, 0.05) is 28.8 Å². The summed E-state index contributed by atoms with van der Waals surface area (Å²) in [6.07, 6.45) is 0. The highest BCUT2D eigenvalue weighted by molar-refractivity contribution is 9.10. The third-order valence-electron chi connectivity index (χ3n) is 3.57. The predicted octanol–water partition coefficient (Wildman–Crippen LogP) is 4.12. The SMILES string of the molecule is Cn1nc(-c2ccc(NC(=O)c3cc(Br)ccc3Cl)cc2)ccc1=O. The van der Waals surface area contributed by atoms with Gasteiger partial charge in [0.2, 0.25) is 0 Å². The van der Waals surface area contributed by atoms with Crippen LogP contribution in [0.4, 0.5) is 5.69 Å². The van der Waals surface area contributed by atoms with Crippen molar-refractivity contribution in [1.29, 1.82) is 0 Å². The van der Waals surface area contributed by atoms with Crippen molar-refractivity contribution >= 4 is 39.1 Å². The third kappa shape index (κ3) is 3.97. The molecule has 3 rings (SSSR count). The number of aromatic nitrogens is 2. The van der Waals surface area contributed by atoms with E-state index in [0.29, 0.717) is 22.0 Å². The summed E-state index contributed by atoms with van der Waals surface area (Å²) in [6.45, 7) is 0. The van der Waals surface area contributed by atoms with E-state index in [1.165, 1.54) is 10.7 Å². The molecule has 1 heterocycles. The van der Waals surface area contributed by atoms with Crippen LogP contribution in [0, 0.1) is 0 Å². The molecule has 0 radical (unpaired) electrons. The summed E-state index contributed by atoms with van der Waals surface area (Å²) in [7, 11) is 1.60. The summed E-state index contributed by atoms with van der Waals surface area (Å²) in [5.41, 5.74) is 2.37. The minimum Gasteiger partial charge on any atom is -0.322 e. The van der Waals surface area contributed by atoms with Crippen LogP contribution in [0.5, 0.6) is 0 Å². The van der Waals surface area contributed by atoms with Crippen molar-refractivity contribution in [1.82, 2.24) is 9.78 Å². The first-order chi connectivity index (χ1) is 11.9. The first-order valence-corrected chi connectivity index (χ1v) is 8.52. The zero-order valence-electron chi connectivity index (χ0n) is 13.2. The van der Waals surface area contributed by atoms with Crippen LogP contribution in [0.2, 0.25) is 5.02 Å². The highest BCUT2D eigenvalue weighted by Crippen LogP contribution is 2.23. The van der Waals surface area contributed by atoms with Crippen LogP contribution in [0.25, 0.3) is 11.3 Å². The van der Waals surface area contributed by atoms with Gasteiger partial charge in [-0.25, -0.2) is 4.68 Å². The molecule has 1 N–H and O–H groups in total. The maximum absolute atomic E-state index is 12.4. The summed E-state index contributed by atoms with van der Waals surface area (Å²) in [6, 6.07) is 15.4.